The number of benzene rings is 1. The minimum absolute atomic E-state index is 0.0768. The van der Waals surface area contributed by atoms with Gasteiger partial charge in [0.25, 0.3) is 5.91 Å². The molecule has 8 heteroatoms. The standard InChI is InChI=1S/C19H17N5OS2/c1-13-23-17(10-26-13)18-7-6-16(27-18)8-9-21-19(25)14-2-4-15(5-3-14)24-12-20-11-22-24/h2-7,10-12H,8-9H2,1H3,(H,21,25). The van der Waals surface area contributed by atoms with Crippen molar-refractivity contribution in [1.29, 1.82) is 0 Å². The number of thiazole rings is 1. The second-order valence-electron chi connectivity index (χ2n) is 5.91. The Balaban J connectivity index is 1.31. The molecule has 6 nitrogen and oxygen atoms in total. The van der Waals surface area contributed by atoms with Crippen LogP contribution in [0.2, 0.25) is 0 Å². The maximum Gasteiger partial charge on any atom is 0.251 e. The van der Waals surface area contributed by atoms with Gasteiger partial charge in [0.05, 0.1) is 21.3 Å². The quantitative estimate of drug-likeness (QED) is 0.540. The highest BCUT2D eigenvalue weighted by molar-refractivity contribution is 7.16. The minimum atomic E-state index is -0.0768. The SMILES string of the molecule is Cc1nc(-c2ccc(CCNC(=O)c3ccc(-n4cncn4)cc3)s2)cs1. The summed E-state index contributed by atoms with van der Waals surface area (Å²) in [6, 6.07) is 11.5. The molecular formula is C19H17N5OS2. The molecule has 0 aliphatic rings. The molecular weight excluding hydrogens is 378 g/mol. The predicted octanol–water partition coefficient (Wildman–Crippen LogP) is 3.73. The van der Waals surface area contributed by atoms with Crippen LogP contribution < -0.4 is 5.32 Å². The molecule has 1 aromatic carbocycles. The summed E-state index contributed by atoms with van der Waals surface area (Å²) in [5, 5.41) is 10.2. The van der Waals surface area contributed by atoms with Crippen LogP contribution in [-0.2, 0) is 6.42 Å². The number of amides is 1. The van der Waals surface area contributed by atoms with E-state index in [2.05, 4.69) is 37.9 Å². The fraction of sp³-hybridized carbons (Fsp3) is 0.158. The first-order valence-electron chi connectivity index (χ1n) is 8.43. The number of aryl methyl sites for hydroxylation is 1. The summed E-state index contributed by atoms with van der Waals surface area (Å²) in [6.45, 7) is 2.61. The van der Waals surface area contributed by atoms with Gasteiger partial charge in [-0.3, -0.25) is 4.79 Å². The van der Waals surface area contributed by atoms with Crippen LogP contribution in [0.15, 0.2) is 54.4 Å². The molecule has 1 N–H and O–H groups in total. The zero-order valence-corrected chi connectivity index (χ0v) is 16.3. The Labute approximate surface area is 164 Å². The monoisotopic (exact) mass is 395 g/mol. The van der Waals surface area contributed by atoms with Gasteiger partial charge < -0.3 is 5.32 Å². The highest BCUT2D eigenvalue weighted by Crippen LogP contribution is 2.29. The zero-order valence-electron chi connectivity index (χ0n) is 14.6. The van der Waals surface area contributed by atoms with Gasteiger partial charge in [-0.15, -0.1) is 22.7 Å². The first-order chi connectivity index (χ1) is 13.2. The Morgan fingerprint density at radius 2 is 2.04 bits per heavy atom. The van der Waals surface area contributed by atoms with Gasteiger partial charge in [0.1, 0.15) is 12.7 Å². The number of rotatable bonds is 6. The van der Waals surface area contributed by atoms with E-state index >= 15 is 0 Å². The lowest BCUT2D eigenvalue weighted by Gasteiger charge is -2.05. The lowest BCUT2D eigenvalue weighted by Crippen LogP contribution is -2.25. The lowest BCUT2D eigenvalue weighted by molar-refractivity contribution is 0.0954. The normalized spacial score (nSPS) is 10.9. The molecule has 0 saturated heterocycles. The summed E-state index contributed by atoms with van der Waals surface area (Å²) in [5.41, 5.74) is 2.53. The Bertz CT molecular complexity index is 1030. The average Bonchev–Trinajstić information content (AvgIpc) is 3.43. The fourth-order valence-electron chi connectivity index (χ4n) is 2.63. The molecule has 0 saturated carbocycles. The molecule has 0 fully saturated rings. The van der Waals surface area contributed by atoms with Gasteiger partial charge in [0.2, 0.25) is 0 Å². The van der Waals surface area contributed by atoms with Crippen molar-refractivity contribution in [2.45, 2.75) is 13.3 Å². The van der Waals surface area contributed by atoms with Crippen LogP contribution in [-0.4, -0.2) is 32.2 Å². The largest absolute Gasteiger partial charge is 0.352 e. The molecule has 0 spiro atoms. The van der Waals surface area contributed by atoms with Gasteiger partial charge in [-0.25, -0.2) is 14.6 Å². The Kier molecular flexibility index (Phi) is 5.08. The number of aromatic nitrogens is 4. The molecule has 0 aliphatic heterocycles. The van der Waals surface area contributed by atoms with Crippen LogP contribution in [0.3, 0.4) is 0 Å². The lowest BCUT2D eigenvalue weighted by atomic mass is 10.2. The highest BCUT2D eigenvalue weighted by Gasteiger charge is 2.08. The van der Waals surface area contributed by atoms with Crippen molar-refractivity contribution in [3.63, 3.8) is 0 Å². The van der Waals surface area contributed by atoms with Gasteiger partial charge >= 0.3 is 0 Å². The number of hydrogen-bond donors (Lipinski definition) is 1. The summed E-state index contributed by atoms with van der Waals surface area (Å²) in [5.74, 6) is -0.0768. The Hall–Kier alpha value is -2.84. The number of carbonyl (C=O) groups excluding carboxylic acids is 1. The third kappa shape index (κ3) is 4.12. The molecule has 0 radical (unpaired) electrons. The molecule has 27 heavy (non-hydrogen) atoms. The van der Waals surface area contributed by atoms with E-state index in [1.807, 2.05) is 19.1 Å². The summed E-state index contributed by atoms with van der Waals surface area (Å²) in [7, 11) is 0. The van der Waals surface area contributed by atoms with Crippen molar-refractivity contribution in [2.75, 3.05) is 6.54 Å². The number of nitrogens with zero attached hydrogens (tertiary/aromatic N) is 4. The van der Waals surface area contributed by atoms with Crippen LogP contribution >= 0.6 is 22.7 Å². The average molecular weight is 396 g/mol. The van der Waals surface area contributed by atoms with Gasteiger partial charge in [-0.1, -0.05) is 0 Å². The third-order valence-electron chi connectivity index (χ3n) is 4.00. The van der Waals surface area contributed by atoms with E-state index in [9.17, 15) is 4.79 Å². The number of thiophene rings is 1. The van der Waals surface area contributed by atoms with E-state index in [0.717, 1.165) is 22.8 Å². The summed E-state index contributed by atoms with van der Waals surface area (Å²) in [6.07, 6.45) is 3.90. The minimum Gasteiger partial charge on any atom is -0.352 e. The van der Waals surface area contributed by atoms with E-state index in [-0.39, 0.29) is 5.91 Å². The molecule has 4 rings (SSSR count). The molecule has 0 bridgehead atoms. The summed E-state index contributed by atoms with van der Waals surface area (Å²) >= 11 is 3.38. The van der Waals surface area contributed by atoms with Gasteiger partial charge in [0.15, 0.2) is 0 Å². The van der Waals surface area contributed by atoms with Crippen LogP contribution in [0, 0.1) is 6.92 Å². The first-order valence-corrected chi connectivity index (χ1v) is 10.1. The highest BCUT2D eigenvalue weighted by atomic mass is 32.1. The van der Waals surface area contributed by atoms with E-state index in [4.69, 9.17) is 0 Å². The van der Waals surface area contributed by atoms with E-state index in [0.29, 0.717) is 12.1 Å². The maximum absolute atomic E-state index is 12.3. The molecule has 0 unspecified atom stereocenters. The Morgan fingerprint density at radius 1 is 1.19 bits per heavy atom. The van der Waals surface area contributed by atoms with E-state index < -0.39 is 0 Å². The molecule has 1 amide bonds. The van der Waals surface area contributed by atoms with Crippen LogP contribution in [0.1, 0.15) is 20.2 Å². The first kappa shape index (κ1) is 17.6. The van der Waals surface area contributed by atoms with E-state index in [1.165, 1.54) is 16.1 Å². The van der Waals surface area contributed by atoms with Gasteiger partial charge in [-0.05, 0) is 49.7 Å². The molecule has 136 valence electrons. The smallest absolute Gasteiger partial charge is 0.251 e. The van der Waals surface area contributed by atoms with Crippen molar-refractivity contribution in [2.24, 2.45) is 0 Å². The van der Waals surface area contributed by atoms with Crippen molar-refractivity contribution >= 4 is 28.6 Å². The van der Waals surface area contributed by atoms with Crippen LogP contribution in [0.5, 0.6) is 0 Å². The second-order valence-corrected chi connectivity index (χ2v) is 8.14. The number of carbonyl (C=O) groups is 1. The molecule has 4 aromatic rings. The number of nitrogens with one attached hydrogen (secondary N) is 1. The summed E-state index contributed by atoms with van der Waals surface area (Å²) in [4.78, 5) is 23.2. The predicted molar refractivity (Wildman–Crippen MR) is 108 cm³/mol. The number of hydrogen-bond acceptors (Lipinski definition) is 6. The Morgan fingerprint density at radius 3 is 2.74 bits per heavy atom. The van der Waals surface area contributed by atoms with Crippen molar-refractivity contribution in [1.82, 2.24) is 25.1 Å². The van der Waals surface area contributed by atoms with Crippen LogP contribution in [0.4, 0.5) is 0 Å². The second kappa shape index (κ2) is 7.81. The molecule has 0 atom stereocenters. The maximum atomic E-state index is 12.3. The zero-order chi connectivity index (χ0) is 18.6. The fourth-order valence-corrected chi connectivity index (χ4v) is 4.29. The topological polar surface area (TPSA) is 72.7 Å². The van der Waals surface area contributed by atoms with Crippen molar-refractivity contribution in [3.05, 3.63) is 69.9 Å². The van der Waals surface area contributed by atoms with E-state index in [1.54, 1.807) is 45.8 Å². The molecule has 0 aliphatic carbocycles. The van der Waals surface area contributed by atoms with Gasteiger partial charge in [0, 0.05) is 22.4 Å². The molecule has 3 aromatic heterocycles. The van der Waals surface area contributed by atoms with Crippen molar-refractivity contribution in [3.8, 4) is 16.3 Å². The third-order valence-corrected chi connectivity index (χ3v) is 5.94. The van der Waals surface area contributed by atoms with Crippen LogP contribution in [0.25, 0.3) is 16.3 Å². The molecule has 3 heterocycles. The summed E-state index contributed by atoms with van der Waals surface area (Å²) < 4.78 is 1.65. The van der Waals surface area contributed by atoms with Gasteiger partial charge in [-0.2, -0.15) is 5.10 Å². The van der Waals surface area contributed by atoms with Crippen molar-refractivity contribution < 1.29 is 4.79 Å².